The van der Waals surface area contributed by atoms with Crippen LogP contribution in [0.5, 0.6) is 0 Å². The summed E-state index contributed by atoms with van der Waals surface area (Å²) in [6.07, 6.45) is 1.79. The fourth-order valence-corrected chi connectivity index (χ4v) is 4.33. The van der Waals surface area contributed by atoms with E-state index in [1.165, 1.54) is 0 Å². The summed E-state index contributed by atoms with van der Waals surface area (Å²) < 4.78 is 15.2. The molecule has 1 N–H and O–H groups in total. The lowest BCUT2D eigenvalue weighted by Gasteiger charge is -2.25. The number of benzene rings is 3. The topological polar surface area (TPSA) is 52.2 Å². The zero-order chi connectivity index (χ0) is 22.6. The number of anilines is 1. The number of aromatic nitrogens is 2. The van der Waals surface area contributed by atoms with Gasteiger partial charge in [0.25, 0.3) is 5.91 Å². The van der Waals surface area contributed by atoms with Crippen LogP contribution in [0.15, 0.2) is 91.4 Å². The number of fused-ring (bicyclic) bond motifs is 1. The summed E-state index contributed by atoms with van der Waals surface area (Å²) in [6, 6.07) is 25.1. The molecule has 0 saturated heterocycles. The second-order valence-corrected chi connectivity index (χ2v) is 8.24. The lowest BCUT2D eigenvalue weighted by Crippen LogP contribution is -2.37. The zero-order valence-corrected chi connectivity index (χ0v) is 20.6. The summed E-state index contributed by atoms with van der Waals surface area (Å²) in [4.78, 5) is 24.3. The van der Waals surface area contributed by atoms with E-state index in [-0.39, 0.29) is 24.8 Å². The minimum Gasteiger partial charge on any atom is -0.364 e. The first-order chi connectivity index (χ1) is 16.2. The number of rotatable bonds is 5. The van der Waals surface area contributed by atoms with Gasteiger partial charge in [0.15, 0.2) is 0 Å². The van der Waals surface area contributed by atoms with Gasteiger partial charge in [-0.05, 0) is 34.4 Å². The third-order valence-corrected chi connectivity index (χ3v) is 6.07. The molecule has 1 amide bonds. The molecule has 3 aromatic carbocycles. The highest BCUT2D eigenvalue weighted by atomic mass is 35.5. The van der Waals surface area contributed by atoms with Gasteiger partial charge < -0.3 is 14.8 Å². The standard InChI is InChI=1S/C27H25FN4O.2ClH/c28-26(21-9-5-2-6-10-21)27(33)32-14-13-31(18-24-16-29-19-30-24)25-12-11-22(15-23(25)17-32)20-7-3-1-4-8-20;;/h1-12,15-16,19,26H,13-14,17-18H2,(H,29,30);2*1H. The molecule has 0 fully saturated rings. The van der Waals surface area contributed by atoms with Gasteiger partial charge in [-0.2, -0.15) is 0 Å². The monoisotopic (exact) mass is 512 g/mol. The number of amides is 1. The summed E-state index contributed by atoms with van der Waals surface area (Å²) in [5, 5.41) is 0. The number of H-pyrrole nitrogens is 1. The van der Waals surface area contributed by atoms with Crippen molar-refractivity contribution in [2.24, 2.45) is 0 Å². The molecule has 1 aromatic heterocycles. The first-order valence-electron chi connectivity index (χ1n) is 11.1. The Balaban J connectivity index is 0.00000171. The van der Waals surface area contributed by atoms with Crippen LogP contribution in [0, 0.1) is 0 Å². The van der Waals surface area contributed by atoms with Crippen LogP contribution in [-0.2, 0) is 17.9 Å². The highest BCUT2D eigenvalue weighted by Crippen LogP contribution is 2.32. The Morgan fingerprint density at radius 1 is 0.943 bits per heavy atom. The van der Waals surface area contributed by atoms with Gasteiger partial charge in [0.2, 0.25) is 6.17 Å². The minimum absolute atomic E-state index is 0. The Kier molecular flexibility index (Phi) is 8.90. The number of halogens is 3. The van der Waals surface area contributed by atoms with Crippen LogP contribution in [-0.4, -0.2) is 33.9 Å². The van der Waals surface area contributed by atoms with Crippen LogP contribution in [0.3, 0.4) is 0 Å². The third kappa shape index (κ3) is 5.84. The Morgan fingerprint density at radius 2 is 1.66 bits per heavy atom. The predicted molar refractivity (Wildman–Crippen MR) is 142 cm³/mol. The normalized spacial score (nSPS) is 13.6. The van der Waals surface area contributed by atoms with Gasteiger partial charge in [0.05, 0.1) is 18.6 Å². The summed E-state index contributed by atoms with van der Waals surface area (Å²) in [6.45, 7) is 2.04. The van der Waals surface area contributed by atoms with Gasteiger partial charge in [0, 0.05) is 31.5 Å². The first-order valence-corrected chi connectivity index (χ1v) is 11.1. The molecule has 0 spiro atoms. The quantitative estimate of drug-likeness (QED) is 0.357. The second-order valence-electron chi connectivity index (χ2n) is 8.24. The maximum absolute atomic E-state index is 15.2. The number of carbonyl (C=O) groups excluding carboxylic acids is 1. The number of hydrogen-bond acceptors (Lipinski definition) is 3. The van der Waals surface area contributed by atoms with Gasteiger partial charge in [-0.3, -0.25) is 4.79 Å². The molecular weight excluding hydrogens is 486 g/mol. The molecule has 1 aliphatic heterocycles. The average molecular weight is 513 g/mol. The molecule has 8 heteroatoms. The van der Waals surface area contributed by atoms with Crippen molar-refractivity contribution >= 4 is 36.4 Å². The van der Waals surface area contributed by atoms with Gasteiger partial charge >= 0.3 is 0 Å². The van der Waals surface area contributed by atoms with Crippen molar-refractivity contribution in [3.05, 3.63) is 108 Å². The minimum atomic E-state index is -1.67. The smallest absolute Gasteiger partial charge is 0.262 e. The van der Waals surface area contributed by atoms with Crippen molar-refractivity contribution < 1.29 is 9.18 Å². The number of hydrogen-bond donors (Lipinski definition) is 1. The van der Waals surface area contributed by atoms with Crippen LogP contribution >= 0.6 is 24.8 Å². The van der Waals surface area contributed by atoms with Crippen molar-refractivity contribution in [2.45, 2.75) is 19.3 Å². The predicted octanol–water partition coefficient (Wildman–Crippen LogP) is 5.98. The Labute approximate surface area is 216 Å². The van der Waals surface area contributed by atoms with Crippen LogP contribution in [0.25, 0.3) is 11.1 Å². The lowest BCUT2D eigenvalue weighted by atomic mass is 10.0. The van der Waals surface area contributed by atoms with E-state index in [4.69, 9.17) is 0 Å². The van der Waals surface area contributed by atoms with Gasteiger partial charge in [0.1, 0.15) is 0 Å². The summed E-state index contributed by atoms with van der Waals surface area (Å²) in [5.41, 5.74) is 5.61. The molecule has 0 radical (unpaired) electrons. The first kappa shape index (κ1) is 26.3. The molecule has 5 rings (SSSR count). The van der Waals surface area contributed by atoms with Crippen LogP contribution in [0.1, 0.15) is 23.0 Å². The Bertz CT molecular complexity index is 1220. The van der Waals surface area contributed by atoms with E-state index in [1.54, 1.807) is 41.7 Å². The maximum Gasteiger partial charge on any atom is 0.262 e. The van der Waals surface area contributed by atoms with E-state index in [2.05, 4.69) is 45.2 Å². The largest absolute Gasteiger partial charge is 0.364 e. The maximum atomic E-state index is 15.2. The van der Waals surface area contributed by atoms with Crippen molar-refractivity contribution in [1.82, 2.24) is 14.9 Å². The van der Waals surface area contributed by atoms with Crippen molar-refractivity contribution in [2.75, 3.05) is 18.0 Å². The van der Waals surface area contributed by atoms with Crippen molar-refractivity contribution in [1.29, 1.82) is 0 Å². The van der Waals surface area contributed by atoms with E-state index >= 15 is 4.39 Å². The van der Waals surface area contributed by atoms with E-state index in [0.29, 0.717) is 31.7 Å². The fourth-order valence-electron chi connectivity index (χ4n) is 4.33. The van der Waals surface area contributed by atoms with Crippen LogP contribution in [0.4, 0.5) is 10.1 Å². The number of carbonyl (C=O) groups is 1. The van der Waals surface area contributed by atoms with Crippen molar-refractivity contribution in [3.8, 4) is 11.1 Å². The molecule has 1 atom stereocenters. The molecule has 5 nitrogen and oxygen atoms in total. The molecule has 0 aliphatic carbocycles. The summed E-state index contributed by atoms with van der Waals surface area (Å²) >= 11 is 0. The highest BCUT2D eigenvalue weighted by Gasteiger charge is 2.29. The molecular formula is C27H27Cl2FN4O. The second kappa shape index (κ2) is 11.9. The number of alkyl halides is 1. The van der Waals surface area contributed by atoms with Gasteiger partial charge in [-0.15, -0.1) is 24.8 Å². The Morgan fingerprint density at radius 3 is 2.34 bits per heavy atom. The molecule has 35 heavy (non-hydrogen) atoms. The molecule has 2 heterocycles. The SMILES string of the molecule is Cl.Cl.O=C(C(F)c1ccccc1)N1CCN(Cc2cnc[nH]2)c2ccc(-c3ccccc3)cc2C1. The average Bonchev–Trinajstić information content (AvgIpc) is 3.32. The molecule has 1 unspecified atom stereocenters. The zero-order valence-electron chi connectivity index (χ0n) is 19.0. The van der Waals surface area contributed by atoms with E-state index in [9.17, 15) is 4.79 Å². The Hall–Kier alpha value is -3.35. The third-order valence-electron chi connectivity index (χ3n) is 6.07. The molecule has 0 saturated carbocycles. The van der Waals surface area contributed by atoms with E-state index < -0.39 is 12.1 Å². The number of nitrogens with zero attached hydrogens (tertiary/aromatic N) is 3. The van der Waals surface area contributed by atoms with E-state index in [1.807, 2.05) is 24.3 Å². The van der Waals surface area contributed by atoms with Crippen LogP contribution < -0.4 is 4.90 Å². The van der Waals surface area contributed by atoms with Gasteiger partial charge in [-0.1, -0.05) is 66.7 Å². The summed E-state index contributed by atoms with van der Waals surface area (Å²) in [7, 11) is 0. The highest BCUT2D eigenvalue weighted by molar-refractivity contribution is 5.85. The molecule has 0 bridgehead atoms. The summed E-state index contributed by atoms with van der Waals surface area (Å²) in [5.74, 6) is -0.499. The molecule has 4 aromatic rings. The number of imidazole rings is 1. The molecule has 182 valence electrons. The van der Waals surface area contributed by atoms with E-state index in [0.717, 1.165) is 28.1 Å². The lowest BCUT2D eigenvalue weighted by molar-refractivity contribution is -0.137. The van der Waals surface area contributed by atoms with Gasteiger partial charge in [-0.25, -0.2) is 9.37 Å². The fraction of sp³-hybridized carbons (Fsp3) is 0.185. The van der Waals surface area contributed by atoms with Crippen molar-refractivity contribution in [3.63, 3.8) is 0 Å². The number of aromatic amines is 1. The molecule has 1 aliphatic rings. The number of nitrogens with one attached hydrogen (secondary N) is 1. The van der Waals surface area contributed by atoms with Crippen LogP contribution in [0.2, 0.25) is 0 Å².